The van der Waals surface area contributed by atoms with Gasteiger partial charge >= 0.3 is 6.18 Å². The van der Waals surface area contributed by atoms with Crippen LogP contribution in [0.15, 0.2) is 41.7 Å². The SMILES string of the molecule is Cc1ncccc1-c1nnc(SCCCN2C[C@@H]3C[C@]3(c3ccc(C(F)(F)F)cc3F)C2)n1C. The lowest BCUT2D eigenvalue weighted by molar-refractivity contribution is -0.137. The van der Waals surface area contributed by atoms with E-state index < -0.39 is 17.6 Å². The number of rotatable bonds is 7. The molecule has 3 aromatic rings. The van der Waals surface area contributed by atoms with Crippen LogP contribution in [0.1, 0.15) is 29.7 Å². The summed E-state index contributed by atoms with van der Waals surface area (Å²) in [6, 6.07) is 6.85. The van der Waals surface area contributed by atoms with E-state index in [2.05, 4.69) is 20.1 Å². The molecule has 0 N–H and O–H groups in total. The van der Waals surface area contributed by atoms with Gasteiger partial charge in [0.25, 0.3) is 0 Å². The second-order valence-corrected chi connectivity index (χ2v) is 10.3. The zero-order valence-electron chi connectivity index (χ0n) is 18.9. The van der Waals surface area contributed by atoms with Crippen molar-refractivity contribution in [1.82, 2.24) is 24.6 Å². The number of pyridine rings is 1. The summed E-state index contributed by atoms with van der Waals surface area (Å²) in [5.41, 5.74) is 1.03. The lowest BCUT2D eigenvalue weighted by Crippen LogP contribution is -2.28. The molecule has 180 valence electrons. The fourth-order valence-corrected chi connectivity index (χ4v) is 5.95. The Hall–Kier alpha value is -2.46. The average Bonchev–Trinajstić information content (AvgIpc) is 3.16. The molecule has 1 aromatic carbocycles. The van der Waals surface area contributed by atoms with E-state index in [1.165, 1.54) is 6.07 Å². The van der Waals surface area contributed by atoms with E-state index in [4.69, 9.17) is 0 Å². The Balaban J connectivity index is 1.15. The lowest BCUT2D eigenvalue weighted by Gasteiger charge is -2.21. The van der Waals surface area contributed by atoms with Gasteiger partial charge in [0, 0.05) is 48.8 Å². The molecule has 5 nitrogen and oxygen atoms in total. The van der Waals surface area contributed by atoms with Crippen LogP contribution in [-0.4, -0.2) is 50.0 Å². The fraction of sp³-hybridized carbons (Fsp3) is 0.458. The van der Waals surface area contributed by atoms with Crippen molar-refractivity contribution in [3.05, 3.63) is 59.2 Å². The first-order valence-electron chi connectivity index (χ1n) is 11.2. The zero-order chi connectivity index (χ0) is 24.1. The highest BCUT2D eigenvalue weighted by Crippen LogP contribution is 2.59. The first-order valence-corrected chi connectivity index (χ1v) is 12.2. The first kappa shape index (κ1) is 23.3. The van der Waals surface area contributed by atoms with Gasteiger partial charge in [-0.1, -0.05) is 17.8 Å². The monoisotopic (exact) mass is 491 g/mol. The highest BCUT2D eigenvalue weighted by Gasteiger charge is 2.61. The van der Waals surface area contributed by atoms with Crippen molar-refractivity contribution in [1.29, 1.82) is 0 Å². The Kier molecular flexibility index (Phi) is 5.92. The number of aryl methyl sites for hydroxylation is 1. The van der Waals surface area contributed by atoms with Crippen molar-refractivity contribution in [3.8, 4) is 11.4 Å². The summed E-state index contributed by atoms with van der Waals surface area (Å²) in [5, 5.41) is 9.48. The van der Waals surface area contributed by atoms with Crippen LogP contribution in [0.5, 0.6) is 0 Å². The predicted molar refractivity (Wildman–Crippen MR) is 122 cm³/mol. The molecule has 10 heteroatoms. The third-order valence-electron chi connectivity index (χ3n) is 6.98. The molecule has 0 bridgehead atoms. The Labute approximate surface area is 199 Å². The van der Waals surface area contributed by atoms with Gasteiger partial charge in [-0.15, -0.1) is 10.2 Å². The molecule has 1 aliphatic carbocycles. The Morgan fingerprint density at radius 1 is 1.21 bits per heavy atom. The van der Waals surface area contributed by atoms with Crippen molar-refractivity contribution in [2.45, 2.75) is 36.5 Å². The second-order valence-electron chi connectivity index (χ2n) is 9.19. The van der Waals surface area contributed by atoms with E-state index in [-0.39, 0.29) is 5.41 Å². The summed E-state index contributed by atoms with van der Waals surface area (Å²) in [7, 11) is 1.94. The molecular formula is C24H25F4N5S. The average molecular weight is 492 g/mol. The van der Waals surface area contributed by atoms with E-state index in [9.17, 15) is 17.6 Å². The summed E-state index contributed by atoms with van der Waals surface area (Å²) in [5.74, 6) is 1.22. The molecule has 2 aliphatic rings. The molecule has 2 atom stereocenters. The molecule has 3 heterocycles. The number of benzene rings is 1. The number of thioether (sulfide) groups is 1. The lowest BCUT2D eigenvalue weighted by atomic mass is 9.93. The number of alkyl halides is 3. The standard InChI is InChI=1S/C24H25F4N5S/c1-15-18(5-3-8-29-15)21-30-31-22(32(21)2)34-10-4-9-33-13-17-12-23(17,14-33)19-7-6-16(11-20(19)25)24(26,27)28/h3,5-8,11,17H,4,9-10,12-14H2,1-2H3/t17-,23-/m0/s1. The molecule has 1 saturated carbocycles. The summed E-state index contributed by atoms with van der Waals surface area (Å²) >= 11 is 1.64. The van der Waals surface area contributed by atoms with Gasteiger partial charge in [0.15, 0.2) is 11.0 Å². The molecule has 0 amide bonds. The fourth-order valence-electron chi connectivity index (χ4n) is 5.12. The number of halogens is 4. The normalized spacial score (nSPS) is 22.2. The van der Waals surface area contributed by atoms with Crippen molar-refractivity contribution < 1.29 is 17.6 Å². The van der Waals surface area contributed by atoms with Crippen LogP contribution in [0.4, 0.5) is 17.6 Å². The number of hydrogen-bond acceptors (Lipinski definition) is 5. The molecule has 5 rings (SSSR count). The minimum Gasteiger partial charge on any atom is -0.305 e. The third-order valence-corrected chi connectivity index (χ3v) is 8.09. The maximum absolute atomic E-state index is 14.6. The molecule has 2 fully saturated rings. The van der Waals surface area contributed by atoms with E-state index in [1.807, 2.05) is 30.7 Å². The Bertz CT molecular complexity index is 1210. The number of piperidine rings is 1. The van der Waals surface area contributed by atoms with Crippen molar-refractivity contribution in [3.63, 3.8) is 0 Å². The molecule has 34 heavy (non-hydrogen) atoms. The number of hydrogen-bond donors (Lipinski definition) is 0. The van der Waals surface area contributed by atoms with Gasteiger partial charge in [-0.2, -0.15) is 13.2 Å². The highest BCUT2D eigenvalue weighted by atomic mass is 32.2. The second kappa shape index (κ2) is 8.64. The molecule has 1 aliphatic heterocycles. The van der Waals surface area contributed by atoms with Crippen LogP contribution < -0.4 is 0 Å². The van der Waals surface area contributed by atoms with Crippen molar-refractivity contribution in [2.24, 2.45) is 13.0 Å². The van der Waals surface area contributed by atoms with E-state index in [0.29, 0.717) is 24.1 Å². The number of nitrogens with zero attached hydrogens (tertiary/aromatic N) is 5. The minimum absolute atomic E-state index is 0.315. The summed E-state index contributed by atoms with van der Waals surface area (Å²) in [6.07, 6.45) is -1.00. The predicted octanol–water partition coefficient (Wildman–Crippen LogP) is 5.10. The van der Waals surface area contributed by atoms with Gasteiger partial charge in [-0.05, 0) is 62.1 Å². The molecule has 0 radical (unpaired) electrons. The van der Waals surface area contributed by atoms with E-state index >= 15 is 0 Å². The van der Waals surface area contributed by atoms with Gasteiger partial charge in [0.2, 0.25) is 0 Å². The Morgan fingerprint density at radius 3 is 2.76 bits per heavy atom. The molecule has 0 spiro atoms. The molecule has 0 unspecified atom stereocenters. The van der Waals surface area contributed by atoms with Crippen LogP contribution in [0, 0.1) is 18.7 Å². The highest BCUT2D eigenvalue weighted by molar-refractivity contribution is 7.99. The summed E-state index contributed by atoms with van der Waals surface area (Å²) in [6.45, 7) is 4.36. The number of likely N-dealkylation sites (tertiary alicyclic amines) is 1. The van der Waals surface area contributed by atoms with Crippen LogP contribution in [0.2, 0.25) is 0 Å². The largest absolute Gasteiger partial charge is 0.416 e. The van der Waals surface area contributed by atoms with Crippen LogP contribution in [-0.2, 0) is 18.6 Å². The van der Waals surface area contributed by atoms with Crippen LogP contribution in [0.3, 0.4) is 0 Å². The van der Waals surface area contributed by atoms with Gasteiger partial charge in [-0.3, -0.25) is 4.98 Å². The zero-order valence-corrected chi connectivity index (χ0v) is 19.8. The van der Waals surface area contributed by atoms with E-state index in [1.54, 1.807) is 18.0 Å². The van der Waals surface area contributed by atoms with Gasteiger partial charge in [0.05, 0.1) is 5.56 Å². The van der Waals surface area contributed by atoms with Gasteiger partial charge in [0.1, 0.15) is 5.82 Å². The number of fused-ring (bicyclic) bond motifs is 1. The third kappa shape index (κ3) is 4.22. The van der Waals surface area contributed by atoms with Crippen molar-refractivity contribution >= 4 is 11.8 Å². The first-order chi connectivity index (χ1) is 16.2. The topological polar surface area (TPSA) is 46.8 Å². The number of aromatic nitrogens is 4. The van der Waals surface area contributed by atoms with E-state index in [0.717, 1.165) is 60.0 Å². The quantitative estimate of drug-likeness (QED) is 0.262. The molecular weight excluding hydrogens is 466 g/mol. The van der Waals surface area contributed by atoms with Gasteiger partial charge in [-0.25, -0.2) is 4.39 Å². The minimum atomic E-state index is -4.53. The molecule has 2 aromatic heterocycles. The Morgan fingerprint density at radius 2 is 2.03 bits per heavy atom. The smallest absolute Gasteiger partial charge is 0.305 e. The maximum Gasteiger partial charge on any atom is 0.416 e. The van der Waals surface area contributed by atoms with Gasteiger partial charge < -0.3 is 9.47 Å². The van der Waals surface area contributed by atoms with Crippen LogP contribution in [0.25, 0.3) is 11.4 Å². The summed E-state index contributed by atoms with van der Waals surface area (Å²) < 4.78 is 55.2. The molecule has 1 saturated heterocycles. The van der Waals surface area contributed by atoms with Crippen LogP contribution >= 0.6 is 11.8 Å². The summed E-state index contributed by atoms with van der Waals surface area (Å²) in [4.78, 5) is 6.61. The maximum atomic E-state index is 14.6. The van der Waals surface area contributed by atoms with Crippen molar-refractivity contribution in [2.75, 3.05) is 25.4 Å².